The quantitative estimate of drug-likeness (QED) is 0.0261. The molecule has 0 aromatic carbocycles. The van der Waals surface area contributed by atoms with Gasteiger partial charge in [-0.2, -0.15) is 0 Å². The maximum atomic E-state index is 13.0. The van der Waals surface area contributed by atoms with E-state index in [0.29, 0.717) is 12.8 Å². The van der Waals surface area contributed by atoms with Crippen LogP contribution >= 0.6 is 0 Å². The van der Waals surface area contributed by atoms with Crippen molar-refractivity contribution in [2.45, 2.75) is 352 Å². The lowest BCUT2D eigenvalue weighted by molar-refractivity contribution is -0.302. The zero-order chi connectivity index (χ0) is 51.5. The summed E-state index contributed by atoms with van der Waals surface area (Å²) in [5, 5.41) is 54.7. The molecule has 0 saturated carbocycles. The summed E-state index contributed by atoms with van der Waals surface area (Å²) in [6.45, 7) is 3.83. The number of ether oxygens (including phenoxy) is 2. The van der Waals surface area contributed by atoms with E-state index in [9.17, 15) is 30.3 Å². The smallest absolute Gasteiger partial charge is 0.220 e. The number of aliphatic hydroxyl groups excluding tert-OH is 5. The van der Waals surface area contributed by atoms with Gasteiger partial charge in [-0.1, -0.05) is 282 Å². The molecule has 1 heterocycles. The van der Waals surface area contributed by atoms with Gasteiger partial charge in [0.15, 0.2) is 6.29 Å². The third-order valence-corrected chi connectivity index (χ3v) is 15.1. The van der Waals surface area contributed by atoms with E-state index in [0.717, 1.165) is 64.2 Å². The standard InChI is InChI=1S/C62H119NO8/c1-3-5-7-9-11-13-15-17-19-20-21-22-23-24-25-26-27-28-29-30-31-32-33-34-35-36-38-39-41-43-45-47-49-51-56(65)55(54-70-62-61(69)60(68)59(67)57(53-64)71-62)63-58(66)52-50-48-46-44-42-40-37-18-16-14-12-10-8-6-4-2/h12,14,18,37,55-57,59-62,64-65,67-69H,3-11,13,15-17,19-36,38-54H2,1-2H3,(H,63,66)/b14-12-,37-18-. The highest BCUT2D eigenvalue weighted by Gasteiger charge is 2.44. The van der Waals surface area contributed by atoms with Crippen LogP contribution in [0.3, 0.4) is 0 Å². The average molecular weight is 1010 g/mol. The van der Waals surface area contributed by atoms with Crippen LogP contribution in [0.5, 0.6) is 0 Å². The molecule has 1 amide bonds. The average Bonchev–Trinajstić information content (AvgIpc) is 3.37. The molecule has 9 nitrogen and oxygen atoms in total. The van der Waals surface area contributed by atoms with Crippen molar-refractivity contribution in [3.8, 4) is 0 Å². The molecular formula is C62H119NO8. The first kappa shape index (κ1) is 67.7. The number of aliphatic hydroxyl groups is 5. The molecule has 0 aliphatic carbocycles. The Morgan fingerprint density at radius 1 is 0.479 bits per heavy atom. The van der Waals surface area contributed by atoms with Gasteiger partial charge >= 0.3 is 0 Å². The van der Waals surface area contributed by atoms with Crippen molar-refractivity contribution >= 4 is 5.91 Å². The summed E-state index contributed by atoms with van der Waals surface area (Å²) in [6.07, 6.45) is 59.5. The first-order valence-electron chi connectivity index (χ1n) is 31.0. The fraction of sp³-hybridized carbons (Fsp3) is 0.919. The molecule has 1 aliphatic heterocycles. The van der Waals surface area contributed by atoms with Gasteiger partial charge in [0.2, 0.25) is 5.91 Å². The Balaban J connectivity index is 2.10. The van der Waals surface area contributed by atoms with Crippen LogP contribution in [0.1, 0.15) is 309 Å². The van der Waals surface area contributed by atoms with Crippen LogP contribution in [0.2, 0.25) is 0 Å². The molecule has 9 heteroatoms. The van der Waals surface area contributed by atoms with E-state index < -0.39 is 49.5 Å². The molecule has 6 N–H and O–H groups in total. The zero-order valence-corrected chi connectivity index (χ0v) is 46.8. The highest BCUT2D eigenvalue weighted by molar-refractivity contribution is 5.76. The Kier molecular flexibility index (Phi) is 49.7. The maximum Gasteiger partial charge on any atom is 0.220 e. The van der Waals surface area contributed by atoms with E-state index in [-0.39, 0.29) is 12.5 Å². The lowest BCUT2D eigenvalue weighted by Crippen LogP contribution is -2.60. The summed E-state index contributed by atoms with van der Waals surface area (Å²) in [5.41, 5.74) is 0. The number of allylic oxidation sites excluding steroid dienone is 4. The number of hydrogen-bond donors (Lipinski definition) is 6. The SMILES string of the molecule is CCCCC/C=C\C/C=C\CCCCCCCC(=O)NC(COC1OC(CO)C(O)C(O)C1O)C(O)CCCCCCCCCCCCCCCCCCCCCCCCCCCCCCCCCCC. The molecule has 7 unspecified atom stereocenters. The Hall–Kier alpha value is -1.33. The molecular weight excluding hydrogens is 887 g/mol. The Bertz CT molecular complexity index is 1170. The second-order valence-electron chi connectivity index (χ2n) is 21.9. The molecule has 0 bridgehead atoms. The lowest BCUT2D eigenvalue weighted by atomic mass is 9.99. The van der Waals surface area contributed by atoms with Gasteiger partial charge in [-0.3, -0.25) is 4.79 Å². The fourth-order valence-electron chi connectivity index (χ4n) is 10.1. The monoisotopic (exact) mass is 1010 g/mol. The largest absolute Gasteiger partial charge is 0.394 e. The van der Waals surface area contributed by atoms with Gasteiger partial charge < -0.3 is 40.3 Å². The molecule has 1 saturated heterocycles. The molecule has 0 aromatic rings. The van der Waals surface area contributed by atoms with Crippen LogP contribution in [-0.2, 0) is 14.3 Å². The minimum atomic E-state index is -1.56. The van der Waals surface area contributed by atoms with E-state index >= 15 is 0 Å². The summed E-state index contributed by atoms with van der Waals surface area (Å²) in [5.74, 6) is -0.154. The van der Waals surface area contributed by atoms with Crippen molar-refractivity contribution in [2.24, 2.45) is 0 Å². The molecule has 0 spiro atoms. The first-order chi connectivity index (χ1) is 34.8. The number of nitrogens with one attached hydrogen (secondary N) is 1. The van der Waals surface area contributed by atoms with Gasteiger partial charge in [0.1, 0.15) is 24.4 Å². The van der Waals surface area contributed by atoms with E-state index in [1.165, 1.54) is 218 Å². The third kappa shape index (κ3) is 41.6. The van der Waals surface area contributed by atoms with Crippen molar-refractivity contribution in [1.82, 2.24) is 5.32 Å². The Labute approximate surface area is 439 Å². The molecule has 1 rings (SSSR count). The summed E-state index contributed by atoms with van der Waals surface area (Å²) < 4.78 is 11.3. The molecule has 0 radical (unpaired) electrons. The van der Waals surface area contributed by atoms with Gasteiger partial charge in [-0.05, 0) is 44.9 Å². The van der Waals surface area contributed by atoms with Crippen LogP contribution in [0.25, 0.3) is 0 Å². The van der Waals surface area contributed by atoms with Crippen LogP contribution < -0.4 is 5.32 Å². The third-order valence-electron chi connectivity index (χ3n) is 15.1. The van der Waals surface area contributed by atoms with E-state index in [4.69, 9.17) is 9.47 Å². The topological polar surface area (TPSA) is 149 Å². The normalized spacial score (nSPS) is 19.3. The number of carbonyl (C=O) groups is 1. The number of carbonyl (C=O) groups excluding carboxylic acids is 1. The second-order valence-corrected chi connectivity index (χ2v) is 21.9. The number of unbranched alkanes of at least 4 members (excludes halogenated alkanes) is 40. The van der Waals surface area contributed by atoms with Gasteiger partial charge in [0.25, 0.3) is 0 Å². The maximum absolute atomic E-state index is 13.0. The summed E-state index contributed by atoms with van der Waals surface area (Å²) in [7, 11) is 0. The minimum Gasteiger partial charge on any atom is -0.394 e. The van der Waals surface area contributed by atoms with E-state index in [1.807, 2.05) is 0 Å². The summed E-state index contributed by atoms with van der Waals surface area (Å²) in [4.78, 5) is 13.0. The zero-order valence-electron chi connectivity index (χ0n) is 46.8. The van der Waals surface area contributed by atoms with Gasteiger partial charge in [0, 0.05) is 6.42 Å². The summed E-state index contributed by atoms with van der Waals surface area (Å²) >= 11 is 0. The number of rotatable bonds is 54. The molecule has 1 fully saturated rings. The minimum absolute atomic E-state index is 0.141. The molecule has 420 valence electrons. The Morgan fingerprint density at radius 3 is 1.24 bits per heavy atom. The predicted octanol–water partition coefficient (Wildman–Crippen LogP) is 15.7. The molecule has 1 aliphatic rings. The lowest BCUT2D eigenvalue weighted by Gasteiger charge is -2.40. The summed E-state index contributed by atoms with van der Waals surface area (Å²) in [6, 6.07) is -0.726. The van der Waals surface area contributed by atoms with Crippen LogP contribution in [0, 0.1) is 0 Å². The first-order valence-corrected chi connectivity index (χ1v) is 31.0. The van der Waals surface area contributed by atoms with Crippen LogP contribution in [0.15, 0.2) is 24.3 Å². The number of hydrogen-bond acceptors (Lipinski definition) is 8. The fourth-order valence-corrected chi connectivity index (χ4v) is 10.1. The van der Waals surface area contributed by atoms with Gasteiger partial charge in [0.05, 0.1) is 25.4 Å². The Morgan fingerprint density at radius 2 is 0.831 bits per heavy atom. The second kappa shape index (κ2) is 52.1. The van der Waals surface area contributed by atoms with Crippen molar-refractivity contribution < 1.29 is 39.8 Å². The highest BCUT2D eigenvalue weighted by Crippen LogP contribution is 2.23. The van der Waals surface area contributed by atoms with Crippen LogP contribution in [0.4, 0.5) is 0 Å². The molecule has 7 atom stereocenters. The van der Waals surface area contributed by atoms with Crippen molar-refractivity contribution in [3.63, 3.8) is 0 Å². The molecule has 0 aromatic heterocycles. The van der Waals surface area contributed by atoms with Crippen LogP contribution in [-0.4, -0.2) is 87.5 Å². The van der Waals surface area contributed by atoms with Gasteiger partial charge in [-0.25, -0.2) is 0 Å². The number of amides is 1. The molecule has 71 heavy (non-hydrogen) atoms. The van der Waals surface area contributed by atoms with E-state index in [1.54, 1.807) is 0 Å². The van der Waals surface area contributed by atoms with E-state index in [2.05, 4.69) is 43.5 Å². The predicted molar refractivity (Wildman–Crippen MR) is 300 cm³/mol. The van der Waals surface area contributed by atoms with Crippen molar-refractivity contribution in [3.05, 3.63) is 24.3 Å². The van der Waals surface area contributed by atoms with Gasteiger partial charge in [-0.15, -0.1) is 0 Å². The highest BCUT2D eigenvalue weighted by atomic mass is 16.7. The van der Waals surface area contributed by atoms with Crippen molar-refractivity contribution in [1.29, 1.82) is 0 Å². The van der Waals surface area contributed by atoms with Crippen molar-refractivity contribution in [2.75, 3.05) is 13.2 Å².